The van der Waals surface area contributed by atoms with Crippen LogP contribution in [0.5, 0.6) is 0 Å². The third-order valence-corrected chi connectivity index (χ3v) is 5.40. The molecule has 2 aliphatic rings. The average Bonchev–Trinajstić information content (AvgIpc) is 2.57. The summed E-state index contributed by atoms with van der Waals surface area (Å²) in [4.78, 5) is 6.86. The zero-order chi connectivity index (χ0) is 17.3. The summed E-state index contributed by atoms with van der Waals surface area (Å²) in [6, 6.07) is 0. The molecule has 1 atom stereocenters. The molecule has 0 amide bonds. The standard InChI is InChI=1S/C18H36N4O2.HI/c1-16(14-22-8-11-24-12-9-22)13-20-17(19-2)21-15-18(5-4-6-18)7-10-23-3;/h16H,4-15H2,1-3H3,(H2,19,20,21);1H. The van der Waals surface area contributed by atoms with Crippen LogP contribution >= 0.6 is 24.0 Å². The Morgan fingerprint density at radius 1 is 1.28 bits per heavy atom. The molecule has 148 valence electrons. The van der Waals surface area contributed by atoms with Crippen molar-refractivity contribution in [1.82, 2.24) is 15.5 Å². The number of halogens is 1. The van der Waals surface area contributed by atoms with Crippen LogP contribution in [0.15, 0.2) is 4.99 Å². The molecule has 1 aliphatic carbocycles. The van der Waals surface area contributed by atoms with Crippen LogP contribution in [0, 0.1) is 11.3 Å². The summed E-state index contributed by atoms with van der Waals surface area (Å²) >= 11 is 0. The number of methoxy groups -OCH3 is 1. The van der Waals surface area contributed by atoms with Gasteiger partial charge in [0.05, 0.1) is 13.2 Å². The molecule has 1 aliphatic heterocycles. The molecule has 0 aromatic rings. The number of rotatable bonds is 9. The van der Waals surface area contributed by atoms with Crippen molar-refractivity contribution in [2.24, 2.45) is 16.3 Å². The lowest BCUT2D eigenvalue weighted by atomic mass is 9.67. The Morgan fingerprint density at radius 3 is 2.56 bits per heavy atom. The Hall–Kier alpha value is -0.120. The van der Waals surface area contributed by atoms with Gasteiger partial charge >= 0.3 is 0 Å². The predicted octanol–water partition coefficient (Wildman–Crippen LogP) is 1.94. The van der Waals surface area contributed by atoms with Crippen molar-refractivity contribution < 1.29 is 9.47 Å². The first-order valence-electron chi connectivity index (χ1n) is 9.41. The van der Waals surface area contributed by atoms with Gasteiger partial charge in [-0.25, -0.2) is 0 Å². The van der Waals surface area contributed by atoms with Crippen molar-refractivity contribution in [2.75, 3.05) is 66.7 Å². The molecule has 0 bridgehead atoms. The van der Waals surface area contributed by atoms with Crippen LogP contribution in [0.3, 0.4) is 0 Å². The van der Waals surface area contributed by atoms with Gasteiger partial charge in [0.15, 0.2) is 5.96 Å². The SMILES string of the molecule is CN=C(NCC(C)CN1CCOCC1)NCC1(CCOC)CCC1.I. The van der Waals surface area contributed by atoms with E-state index in [1.165, 1.54) is 19.3 Å². The van der Waals surface area contributed by atoms with Crippen LogP contribution in [0.25, 0.3) is 0 Å². The largest absolute Gasteiger partial charge is 0.385 e. The van der Waals surface area contributed by atoms with Gasteiger partial charge in [-0.3, -0.25) is 9.89 Å². The highest BCUT2D eigenvalue weighted by atomic mass is 127. The molecular formula is C18H37IN4O2. The van der Waals surface area contributed by atoms with Crippen molar-refractivity contribution in [3.8, 4) is 0 Å². The predicted molar refractivity (Wildman–Crippen MR) is 114 cm³/mol. The number of nitrogens with zero attached hydrogens (tertiary/aromatic N) is 2. The summed E-state index contributed by atoms with van der Waals surface area (Å²) in [7, 11) is 3.64. The maximum atomic E-state index is 5.41. The van der Waals surface area contributed by atoms with Gasteiger partial charge < -0.3 is 20.1 Å². The zero-order valence-electron chi connectivity index (χ0n) is 16.2. The van der Waals surface area contributed by atoms with Crippen LogP contribution in [0.4, 0.5) is 0 Å². The number of hydrogen-bond acceptors (Lipinski definition) is 4. The second kappa shape index (κ2) is 12.3. The Morgan fingerprint density at radius 2 is 2.00 bits per heavy atom. The van der Waals surface area contributed by atoms with Gasteiger partial charge in [-0.15, -0.1) is 24.0 Å². The lowest BCUT2D eigenvalue weighted by Crippen LogP contribution is -2.48. The topological polar surface area (TPSA) is 58.1 Å². The first kappa shape index (κ1) is 22.9. The summed E-state index contributed by atoms with van der Waals surface area (Å²) in [5.41, 5.74) is 0.410. The van der Waals surface area contributed by atoms with E-state index in [0.29, 0.717) is 11.3 Å². The van der Waals surface area contributed by atoms with Gasteiger partial charge in [0.25, 0.3) is 0 Å². The summed E-state index contributed by atoms with van der Waals surface area (Å²) in [5.74, 6) is 1.51. The van der Waals surface area contributed by atoms with Crippen LogP contribution in [0.2, 0.25) is 0 Å². The van der Waals surface area contributed by atoms with Crippen LogP contribution in [-0.4, -0.2) is 77.6 Å². The first-order chi connectivity index (χ1) is 11.7. The number of hydrogen-bond donors (Lipinski definition) is 2. The van der Waals surface area contributed by atoms with Crippen molar-refractivity contribution in [1.29, 1.82) is 0 Å². The summed E-state index contributed by atoms with van der Waals surface area (Å²) < 4.78 is 10.7. The molecule has 7 heteroatoms. The fourth-order valence-corrected chi connectivity index (χ4v) is 3.56. The molecule has 2 N–H and O–H groups in total. The zero-order valence-corrected chi connectivity index (χ0v) is 18.5. The molecule has 6 nitrogen and oxygen atoms in total. The van der Waals surface area contributed by atoms with Gasteiger partial charge in [-0.1, -0.05) is 13.3 Å². The van der Waals surface area contributed by atoms with Crippen molar-refractivity contribution in [2.45, 2.75) is 32.6 Å². The van der Waals surface area contributed by atoms with Gasteiger partial charge in [-0.2, -0.15) is 0 Å². The van der Waals surface area contributed by atoms with E-state index in [1.54, 1.807) is 7.11 Å². The van der Waals surface area contributed by atoms with Crippen molar-refractivity contribution in [3.05, 3.63) is 0 Å². The van der Waals surface area contributed by atoms with E-state index in [4.69, 9.17) is 9.47 Å². The Labute approximate surface area is 170 Å². The molecule has 1 unspecified atom stereocenters. The third-order valence-electron chi connectivity index (χ3n) is 5.40. The van der Waals surface area contributed by atoms with Crippen molar-refractivity contribution in [3.63, 3.8) is 0 Å². The summed E-state index contributed by atoms with van der Waals surface area (Å²) in [5, 5.41) is 7.02. The van der Waals surface area contributed by atoms with Crippen LogP contribution in [-0.2, 0) is 9.47 Å². The third kappa shape index (κ3) is 7.97. The quantitative estimate of drug-likeness (QED) is 0.308. The highest BCUT2D eigenvalue weighted by Crippen LogP contribution is 2.43. The molecule has 2 rings (SSSR count). The lowest BCUT2D eigenvalue weighted by molar-refractivity contribution is 0.0320. The highest BCUT2D eigenvalue weighted by Gasteiger charge is 2.36. The molecule has 1 heterocycles. The fourth-order valence-electron chi connectivity index (χ4n) is 3.56. The number of morpholine rings is 1. The van der Waals surface area contributed by atoms with Gasteiger partial charge in [0.1, 0.15) is 0 Å². The number of ether oxygens (including phenoxy) is 2. The van der Waals surface area contributed by atoms with Gasteiger partial charge in [0.2, 0.25) is 0 Å². The molecule has 0 radical (unpaired) electrons. The Kier molecular flexibility index (Phi) is 11.3. The van der Waals surface area contributed by atoms with E-state index in [0.717, 1.165) is 64.9 Å². The van der Waals surface area contributed by atoms with Crippen LogP contribution in [0.1, 0.15) is 32.6 Å². The second-order valence-electron chi connectivity index (χ2n) is 7.42. The maximum Gasteiger partial charge on any atom is 0.191 e. The van der Waals surface area contributed by atoms with E-state index in [9.17, 15) is 0 Å². The molecule has 0 aromatic carbocycles. The molecule has 1 saturated carbocycles. The lowest BCUT2D eigenvalue weighted by Gasteiger charge is -2.42. The van der Waals surface area contributed by atoms with E-state index >= 15 is 0 Å². The van der Waals surface area contributed by atoms with Crippen LogP contribution < -0.4 is 10.6 Å². The highest BCUT2D eigenvalue weighted by molar-refractivity contribution is 14.0. The minimum absolute atomic E-state index is 0. The molecule has 1 saturated heterocycles. The first-order valence-corrected chi connectivity index (χ1v) is 9.41. The molecular weight excluding hydrogens is 431 g/mol. The smallest absolute Gasteiger partial charge is 0.191 e. The fraction of sp³-hybridized carbons (Fsp3) is 0.944. The molecule has 25 heavy (non-hydrogen) atoms. The average molecular weight is 468 g/mol. The minimum atomic E-state index is 0. The van der Waals surface area contributed by atoms with E-state index in [2.05, 4.69) is 27.4 Å². The summed E-state index contributed by atoms with van der Waals surface area (Å²) in [6.07, 6.45) is 5.08. The summed E-state index contributed by atoms with van der Waals surface area (Å²) in [6.45, 7) is 10.0. The number of nitrogens with one attached hydrogen (secondary N) is 2. The molecule has 0 spiro atoms. The molecule has 2 fully saturated rings. The van der Waals surface area contributed by atoms with Crippen molar-refractivity contribution >= 4 is 29.9 Å². The second-order valence-corrected chi connectivity index (χ2v) is 7.42. The van der Waals surface area contributed by atoms with Gasteiger partial charge in [0, 0.05) is 53.5 Å². The Balaban J connectivity index is 0.00000312. The van der Waals surface area contributed by atoms with Gasteiger partial charge in [-0.05, 0) is 30.6 Å². The van der Waals surface area contributed by atoms with E-state index in [-0.39, 0.29) is 24.0 Å². The minimum Gasteiger partial charge on any atom is -0.385 e. The Bertz CT molecular complexity index is 385. The number of aliphatic imine (C=N–C) groups is 1. The molecule has 0 aromatic heterocycles. The normalized spacial score (nSPS) is 21.8. The number of guanidine groups is 1. The van der Waals surface area contributed by atoms with E-state index < -0.39 is 0 Å². The maximum absolute atomic E-state index is 5.41. The van der Waals surface area contributed by atoms with E-state index in [1.807, 2.05) is 7.05 Å². The monoisotopic (exact) mass is 468 g/mol.